The fourth-order valence-electron chi connectivity index (χ4n) is 2.30. The van der Waals surface area contributed by atoms with Gasteiger partial charge in [0.2, 0.25) is 0 Å². The number of phenols is 1. The molecule has 2 N–H and O–H groups in total. The molecule has 0 amide bonds. The van der Waals surface area contributed by atoms with E-state index >= 15 is 0 Å². The van der Waals surface area contributed by atoms with Crippen LogP contribution in [0.3, 0.4) is 0 Å². The van der Waals surface area contributed by atoms with Crippen molar-refractivity contribution in [1.82, 2.24) is 5.32 Å². The molecule has 1 aromatic carbocycles. The molecule has 0 saturated heterocycles. The van der Waals surface area contributed by atoms with Crippen LogP contribution in [0.4, 0.5) is 0 Å². The van der Waals surface area contributed by atoms with Gasteiger partial charge in [0.05, 0.1) is 0 Å². The SMILES string of the molecule is Oc1cccc(CNCC2CCCC2)c1. The number of hydrogen-bond donors (Lipinski definition) is 2. The van der Waals surface area contributed by atoms with Crippen molar-refractivity contribution in [1.29, 1.82) is 0 Å². The Labute approximate surface area is 91.3 Å². The minimum atomic E-state index is 0.357. The molecule has 0 atom stereocenters. The van der Waals surface area contributed by atoms with Gasteiger partial charge in [0, 0.05) is 6.54 Å². The monoisotopic (exact) mass is 205 g/mol. The smallest absolute Gasteiger partial charge is 0.115 e. The van der Waals surface area contributed by atoms with E-state index < -0.39 is 0 Å². The van der Waals surface area contributed by atoms with Crippen LogP contribution in [0.25, 0.3) is 0 Å². The van der Waals surface area contributed by atoms with E-state index in [9.17, 15) is 5.11 Å². The largest absolute Gasteiger partial charge is 0.508 e. The first-order chi connectivity index (χ1) is 7.34. The Morgan fingerprint density at radius 1 is 1.27 bits per heavy atom. The van der Waals surface area contributed by atoms with Crippen molar-refractivity contribution in [3.05, 3.63) is 29.8 Å². The van der Waals surface area contributed by atoms with Gasteiger partial charge in [-0.05, 0) is 43.0 Å². The third-order valence-electron chi connectivity index (χ3n) is 3.15. The van der Waals surface area contributed by atoms with Crippen molar-refractivity contribution in [3.63, 3.8) is 0 Å². The normalized spacial score (nSPS) is 17.1. The molecule has 0 aliphatic heterocycles. The molecule has 1 fully saturated rings. The van der Waals surface area contributed by atoms with Gasteiger partial charge in [-0.2, -0.15) is 0 Å². The molecular formula is C13H19NO. The van der Waals surface area contributed by atoms with Gasteiger partial charge in [0.15, 0.2) is 0 Å². The summed E-state index contributed by atoms with van der Waals surface area (Å²) in [7, 11) is 0. The molecular weight excluding hydrogens is 186 g/mol. The van der Waals surface area contributed by atoms with Gasteiger partial charge in [-0.3, -0.25) is 0 Å². The molecule has 82 valence electrons. The fraction of sp³-hybridized carbons (Fsp3) is 0.538. The van der Waals surface area contributed by atoms with Crippen molar-refractivity contribution in [2.45, 2.75) is 32.2 Å². The van der Waals surface area contributed by atoms with Crippen LogP contribution in [0.1, 0.15) is 31.2 Å². The fourth-order valence-corrected chi connectivity index (χ4v) is 2.30. The summed E-state index contributed by atoms with van der Waals surface area (Å²) < 4.78 is 0. The van der Waals surface area contributed by atoms with Crippen molar-refractivity contribution in [2.24, 2.45) is 5.92 Å². The summed E-state index contributed by atoms with van der Waals surface area (Å²) >= 11 is 0. The molecule has 2 rings (SSSR count). The molecule has 2 heteroatoms. The van der Waals surface area contributed by atoms with E-state index in [1.165, 1.54) is 25.7 Å². The lowest BCUT2D eigenvalue weighted by Crippen LogP contribution is -2.20. The van der Waals surface area contributed by atoms with E-state index in [1.54, 1.807) is 6.07 Å². The lowest BCUT2D eigenvalue weighted by molar-refractivity contribution is 0.471. The summed E-state index contributed by atoms with van der Waals surface area (Å²) in [5, 5.41) is 12.8. The molecule has 1 saturated carbocycles. The highest BCUT2D eigenvalue weighted by atomic mass is 16.3. The van der Waals surface area contributed by atoms with Crippen LogP contribution in [0.2, 0.25) is 0 Å². The Bertz CT molecular complexity index is 305. The summed E-state index contributed by atoms with van der Waals surface area (Å²) in [6.45, 7) is 1.99. The van der Waals surface area contributed by atoms with Gasteiger partial charge in [-0.1, -0.05) is 25.0 Å². The Kier molecular flexibility index (Phi) is 3.62. The average molecular weight is 205 g/mol. The number of hydrogen-bond acceptors (Lipinski definition) is 2. The van der Waals surface area contributed by atoms with E-state index in [-0.39, 0.29) is 0 Å². The second-order valence-electron chi connectivity index (χ2n) is 4.45. The van der Waals surface area contributed by atoms with Crippen LogP contribution in [0.5, 0.6) is 5.75 Å². The zero-order valence-corrected chi connectivity index (χ0v) is 9.08. The minimum Gasteiger partial charge on any atom is -0.508 e. The number of phenolic OH excluding ortho intramolecular Hbond substituents is 1. The van der Waals surface area contributed by atoms with Crippen molar-refractivity contribution >= 4 is 0 Å². The first-order valence-corrected chi connectivity index (χ1v) is 5.83. The van der Waals surface area contributed by atoms with Crippen molar-refractivity contribution in [2.75, 3.05) is 6.54 Å². The summed E-state index contributed by atoms with van der Waals surface area (Å²) in [6.07, 6.45) is 5.57. The van der Waals surface area contributed by atoms with Gasteiger partial charge in [0.1, 0.15) is 5.75 Å². The second kappa shape index (κ2) is 5.17. The summed E-state index contributed by atoms with van der Waals surface area (Å²) in [5.74, 6) is 1.23. The topological polar surface area (TPSA) is 32.3 Å². The maximum Gasteiger partial charge on any atom is 0.115 e. The number of benzene rings is 1. The molecule has 0 spiro atoms. The molecule has 15 heavy (non-hydrogen) atoms. The maximum absolute atomic E-state index is 9.30. The van der Waals surface area contributed by atoms with Gasteiger partial charge in [-0.15, -0.1) is 0 Å². The van der Waals surface area contributed by atoms with E-state index in [1.807, 2.05) is 18.2 Å². The molecule has 0 heterocycles. The standard InChI is InChI=1S/C13H19NO/c15-13-7-3-6-12(8-13)10-14-9-11-4-1-2-5-11/h3,6-8,11,14-15H,1-2,4-5,9-10H2. The molecule has 1 aliphatic carbocycles. The summed E-state index contributed by atoms with van der Waals surface area (Å²) in [5.41, 5.74) is 1.16. The van der Waals surface area contributed by atoms with Gasteiger partial charge in [-0.25, -0.2) is 0 Å². The summed E-state index contributed by atoms with van der Waals surface area (Å²) in [6, 6.07) is 7.46. The first-order valence-electron chi connectivity index (χ1n) is 5.83. The van der Waals surface area contributed by atoms with Gasteiger partial charge < -0.3 is 10.4 Å². The predicted molar refractivity (Wildman–Crippen MR) is 61.8 cm³/mol. The minimum absolute atomic E-state index is 0.357. The molecule has 2 nitrogen and oxygen atoms in total. The van der Waals surface area contributed by atoms with Crippen molar-refractivity contribution in [3.8, 4) is 5.75 Å². The highest BCUT2D eigenvalue weighted by Crippen LogP contribution is 2.23. The van der Waals surface area contributed by atoms with Gasteiger partial charge in [0.25, 0.3) is 0 Å². The Hall–Kier alpha value is -1.02. The molecule has 0 radical (unpaired) electrons. The molecule has 0 unspecified atom stereocenters. The van der Waals surface area contributed by atoms with Crippen LogP contribution in [-0.2, 0) is 6.54 Å². The zero-order valence-electron chi connectivity index (χ0n) is 9.08. The maximum atomic E-state index is 9.30. The van der Waals surface area contributed by atoms with E-state index in [4.69, 9.17) is 0 Å². The van der Waals surface area contributed by atoms with E-state index in [0.717, 1.165) is 24.6 Å². The highest BCUT2D eigenvalue weighted by molar-refractivity contribution is 5.26. The molecule has 0 aromatic heterocycles. The van der Waals surface area contributed by atoms with Gasteiger partial charge >= 0.3 is 0 Å². The lowest BCUT2D eigenvalue weighted by Gasteiger charge is -2.10. The third-order valence-corrected chi connectivity index (χ3v) is 3.15. The lowest BCUT2D eigenvalue weighted by atomic mass is 10.1. The molecule has 1 aromatic rings. The third kappa shape index (κ3) is 3.24. The first kappa shape index (κ1) is 10.5. The number of nitrogens with one attached hydrogen (secondary N) is 1. The Balaban J connectivity index is 1.73. The Morgan fingerprint density at radius 2 is 2.07 bits per heavy atom. The van der Waals surface area contributed by atoms with Crippen LogP contribution < -0.4 is 5.32 Å². The number of rotatable bonds is 4. The summed E-state index contributed by atoms with van der Waals surface area (Å²) in [4.78, 5) is 0. The van der Waals surface area contributed by atoms with E-state index in [2.05, 4.69) is 5.32 Å². The zero-order chi connectivity index (χ0) is 10.5. The quantitative estimate of drug-likeness (QED) is 0.792. The van der Waals surface area contributed by atoms with E-state index in [0.29, 0.717) is 5.75 Å². The highest BCUT2D eigenvalue weighted by Gasteiger charge is 2.13. The van der Waals surface area contributed by atoms with Crippen LogP contribution >= 0.6 is 0 Å². The predicted octanol–water partition coefficient (Wildman–Crippen LogP) is 2.67. The Morgan fingerprint density at radius 3 is 2.80 bits per heavy atom. The molecule has 0 bridgehead atoms. The average Bonchev–Trinajstić information content (AvgIpc) is 2.71. The second-order valence-corrected chi connectivity index (χ2v) is 4.45. The van der Waals surface area contributed by atoms with Crippen LogP contribution in [0.15, 0.2) is 24.3 Å². The van der Waals surface area contributed by atoms with Crippen LogP contribution in [0, 0.1) is 5.92 Å². The van der Waals surface area contributed by atoms with Crippen LogP contribution in [-0.4, -0.2) is 11.7 Å². The number of aromatic hydroxyl groups is 1. The van der Waals surface area contributed by atoms with Crippen molar-refractivity contribution < 1.29 is 5.11 Å². The molecule has 1 aliphatic rings.